The van der Waals surface area contributed by atoms with Crippen LogP contribution in [0.4, 0.5) is 11.6 Å². The summed E-state index contributed by atoms with van der Waals surface area (Å²) in [7, 11) is 0. The molecule has 7 nitrogen and oxygen atoms in total. The summed E-state index contributed by atoms with van der Waals surface area (Å²) in [6, 6.07) is 20.1. The monoisotopic (exact) mass is 519 g/mol. The molecule has 9 heteroatoms. The van der Waals surface area contributed by atoms with Gasteiger partial charge in [0.25, 0.3) is 5.91 Å². The largest absolute Gasteiger partial charge is 0.489 e. The minimum absolute atomic E-state index is 0.222. The summed E-state index contributed by atoms with van der Waals surface area (Å²) in [4.78, 5) is 17.9. The van der Waals surface area contributed by atoms with Crippen molar-refractivity contribution in [1.29, 1.82) is 0 Å². The quantitative estimate of drug-likeness (QED) is 0.308. The number of rotatable bonds is 6. The van der Waals surface area contributed by atoms with Gasteiger partial charge in [-0.25, -0.2) is 4.68 Å². The number of amides is 1. The summed E-state index contributed by atoms with van der Waals surface area (Å²) in [6.45, 7) is 4.09. The highest BCUT2D eigenvalue weighted by atomic mass is 35.5. The fourth-order valence-corrected chi connectivity index (χ4v) is 4.63. The second kappa shape index (κ2) is 10.0. The molecule has 36 heavy (non-hydrogen) atoms. The highest BCUT2D eigenvalue weighted by molar-refractivity contribution is 6.35. The van der Waals surface area contributed by atoms with Crippen LogP contribution >= 0.6 is 23.2 Å². The molecule has 1 aliphatic heterocycles. The predicted molar refractivity (Wildman–Crippen MR) is 142 cm³/mol. The molecular weight excluding hydrogens is 497 g/mol. The Morgan fingerprint density at radius 1 is 1.08 bits per heavy atom. The average molecular weight is 520 g/mol. The third kappa shape index (κ3) is 4.80. The number of carbonyl (C=O) groups is 1. The highest BCUT2D eigenvalue weighted by Crippen LogP contribution is 2.36. The van der Waals surface area contributed by atoms with Crippen molar-refractivity contribution in [2.75, 3.05) is 10.6 Å². The van der Waals surface area contributed by atoms with E-state index in [1.165, 1.54) is 6.33 Å². The molecule has 0 radical (unpaired) electrons. The van der Waals surface area contributed by atoms with Gasteiger partial charge in [-0.05, 0) is 55.3 Å². The molecule has 0 saturated carbocycles. The Labute approximate surface area is 218 Å². The van der Waals surface area contributed by atoms with Gasteiger partial charge in [-0.2, -0.15) is 10.1 Å². The number of halogens is 2. The van der Waals surface area contributed by atoms with Crippen molar-refractivity contribution in [2.45, 2.75) is 26.5 Å². The van der Waals surface area contributed by atoms with Crippen molar-refractivity contribution in [3.63, 3.8) is 0 Å². The Bertz CT molecular complexity index is 1480. The van der Waals surface area contributed by atoms with E-state index in [2.05, 4.69) is 20.7 Å². The first-order chi connectivity index (χ1) is 17.4. The zero-order valence-electron chi connectivity index (χ0n) is 19.6. The molecule has 0 aliphatic carbocycles. The number of para-hydroxylation sites is 1. The molecule has 2 heterocycles. The standard InChI is InChI=1S/C27H23Cl2N5O2/c1-16-6-3-4-9-23(16)33-26(35)24-17(2)32-27-30-15-31-34(27)25(24)18-7-5-8-21(12-18)36-14-19-10-11-20(28)13-22(19)29/h3-13,15,25H,14H2,1-2H3,(H,33,35)(H,30,31,32)/t25-/m0/s1. The van der Waals surface area contributed by atoms with Gasteiger partial charge in [-0.3, -0.25) is 4.79 Å². The van der Waals surface area contributed by atoms with E-state index in [0.717, 1.165) is 22.4 Å². The number of hydrogen-bond acceptors (Lipinski definition) is 5. The van der Waals surface area contributed by atoms with E-state index in [0.29, 0.717) is 33.0 Å². The Kier molecular flexibility index (Phi) is 6.67. The molecule has 1 atom stereocenters. The zero-order valence-corrected chi connectivity index (χ0v) is 21.1. The van der Waals surface area contributed by atoms with Gasteiger partial charge in [0.1, 0.15) is 24.7 Å². The summed E-state index contributed by atoms with van der Waals surface area (Å²) in [5.74, 6) is 0.971. The molecule has 1 aliphatic rings. The molecular formula is C27H23Cl2N5O2. The summed E-state index contributed by atoms with van der Waals surface area (Å²) in [5.41, 5.74) is 4.61. The van der Waals surface area contributed by atoms with E-state index in [4.69, 9.17) is 27.9 Å². The molecule has 0 bridgehead atoms. The molecule has 0 spiro atoms. The van der Waals surface area contributed by atoms with Gasteiger partial charge in [-0.15, -0.1) is 0 Å². The molecule has 1 aromatic heterocycles. The van der Waals surface area contributed by atoms with E-state index in [1.54, 1.807) is 16.8 Å². The Balaban J connectivity index is 1.46. The number of aryl methyl sites for hydroxylation is 1. The number of allylic oxidation sites excluding steroid dienone is 1. The lowest BCUT2D eigenvalue weighted by atomic mass is 9.94. The lowest BCUT2D eigenvalue weighted by Gasteiger charge is -2.29. The predicted octanol–water partition coefficient (Wildman–Crippen LogP) is 6.40. The third-order valence-corrected chi connectivity index (χ3v) is 6.60. The second-order valence-electron chi connectivity index (χ2n) is 8.46. The van der Waals surface area contributed by atoms with E-state index < -0.39 is 6.04 Å². The van der Waals surface area contributed by atoms with E-state index in [-0.39, 0.29) is 12.5 Å². The number of benzene rings is 3. The van der Waals surface area contributed by atoms with Gasteiger partial charge in [-0.1, -0.05) is 59.6 Å². The van der Waals surface area contributed by atoms with Gasteiger partial charge in [0.2, 0.25) is 5.95 Å². The average Bonchev–Trinajstić information content (AvgIpc) is 3.32. The van der Waals surface area contributed by atoms with Crippen LogP contribution < -0.4 is 15.4 Å². The van der Waals surface area contributed by atoms with Crippen molar-refractivity contribution in [3.8, 4) is 5.75 Å². The summed E-state index contributed by atoms with van der Waals surface area (Å²) >= 11 is 12.3. The van der Waals surface area contributed by atoms with Crippen LogP contribution in [0.25, 0.3) is 0 Å². The van der Waals surface area contributed by atoms with Gasteiger partial charge < -0.3 is 15.4 Å². The molecule has 182 valence electrons. The summed E-state index contributed by atoms with van der Waals surface area (Å²) < 4.78 is 7.75. The van der Waals surface area contributed by atoms with Crippen LogP contribution in [0, 0.1) is 6.92 Å². The van der Waals surface area contributed by atoms with E-state index in [9.17, 15) is 4.79 Å². The molecule has 5 rings (SSSR count). The SMILES string of the molecule is CC1=C(C(=O)Nc2ccccc2C)[C@H](c2cccc(OCc3ccc(Cl)cc3Cl)c2)n2ncnc2N1. The van der Waals surface area contributed by atoms with Crippen molar-refractivity contribution in [1.82, 2.24) is 14.8 Å². The molecule has 4 aromatic rings. The normalized spacial score (nSPS) is 14.7. The maximum atomic E-state index is 13.6. The maximum absolute atomic E-state index is 13.6. The van der Waals surface area contributed by atoms with Crippen LogP contribution in [0.1, 0.15) is 29.7 Å². The van der Waals surface area contributed by atoms with Crippen LogP contribution in [0.5, 0.6) is 5.75 Å². The first-order valence-corrected chi connectivity index (χ1v) is 12.1. The molecule has 3 aromatic carbocycles. The minimum atomic E-state index is -0.504. The lowest BCUT2D eigenvalue weighted by molar-refractivity contribution is -0.113. The van der Waals surface area contributed by atoms with Gasteiger partial charge in [0, 0.05) is 27.0 Å². The zero-order chi connectivity index (χ0) is 25.2. The van der Waals surface area contributed by atoms with Crippen LogP contribution in [0.15, 0.2) is 84.3 Å². The topological polar surface area (TPSA) is 81.1 Å². The second-order valence-corrected chi connectivity index (χ2v) is 9.30. The number of fused-ring (bicyclic) bond motifs is 1. The number of ether oxygens (including phenoxy) is 1. The maximum Gasteiger partial charge on any atom is 0.255 e. The van der Waals surface area contributed by atoms with Gasteiger partial charge in [0.05, 0.1) is 5.57 Å². The fourth-order valence-electron chi connectivity index (χ4n) is 4.17. The summed E-state index contributed by atoms with van der Waals surface area (Å²) in [5, 5.41) is 11.8. The molecule has 0 unspecified atom stereocenters. The third-order valence-electron chi connectivity index (χ3n) is 6.02. The van der Waals surface area contributed by atoms with E-state index >= 15 is 0 Å². The molecule has 1 amide bonds. The van der Waals surface area contributed by atoms with E-state index in [1.807, 2.05) is 68.4 Å². The van der Waals surface area contributed by atoms with Crippen LogP contribution in [-0.2, 0) is 11.4 Å². The van der Waals surface area contributed by atoms with Gasteiger partial charge >= 0.3 is 0 Å². The number of aromatic nitrogens is 3. The van der Waals surface area contributed by atoms with Crippen molar-refractivity contribution >= 4 is 40.7 Å². The Morgan fingerprint density at radius 3 is 2.72 bits per heavy atom. The number of hydrogen-bond donors (Lipinski definition) is 2. The van der Waals surface area contributed by atoms with Crippen molar-refractivity contribution in [3.05, 3.63) is 111 Å². The molecule has 0 saturated heterocycles. The number of nitrogens with zero attached hydrogens (tertiary/aromatic N) is 3. The lowest BCUT2D eigenvalue weighted by Crippen LogP contribution is -2.31. The smallest absolute Gasteiger partial charge is 0.255 e. The first-order valence-electron chi connectivity index (χ1n) is 11.3. The number of carbonyl (C=O) groups excluding carboxylic acids is 1. The van der Waals surface area contributed by atoms with Crippen molar-refractivity contribution in [2.24, 2.45) is 0 Å². The number of nitrogens with one attached hydrogen (secondary N) is 2. The number of anilines is 2. The van der Waals surface area contributed by atoms with Crippen molar-refractivity contribution < 1.29 is 9.53 Å². The Hall–Kier alpha value is -3.81. The fraction of sp³-hybridized carbons (Fsp3) is 0.148. The van der Waals surface area contributed by atoms with Crippen LogP contribution in [-0.4, -0.2) is 20.7 Å². The van der Waals surface area contributed by atoms with Crippen LogP contribution in [0.3, 0.4) is 0 Å². The van der Waals surface area contributed by atoms with Crippen LogP contribution in [0.2, 0.25) is 10.0 Å². The van der Waals surface area contributed by atoms with Gasteiger partial charge in [0.15, 0.2) is 0 Å². The summed E-state index contributed by atoms with van der Waals surface area (Å²) in [6.07, 6.45) is 1.47. The molecule has 2 N–H and O–H groups in total. The highest BCUT2D eigenvalue weighted by Gasteiger charge is 2.33. The minimum Gasteiger partial charge on any atom is -0.489 e. The first kappa shape index (κ1) is 23.9. The molecule has 0 fully saturated rings. The Morgan fingerprint density at radius 2 is 1.92 bits per heavy atom.